The molecule has 2 aromatic carbocycles. The molecule has 0 amide bonds. The second kappa shape index (κ2) is 7.84. The van der Waals surface area contributed by atoms with Gasteiger partial charge in [-0.3, -0.25) is 0 Å². The molecule has 0 spiro atoms. The molecule has 1 N–H and O–H groups in total. The van der Waals surface area contributed by atoms with E-state index in [-0.39, 0.29) is 12.6 Å². The molecule has 0 radical (unpaired) electrons. The third kappa shape index (κ3) is 4.49. The van der Waals surface area contributed by atoms with Crippen LogP contribution in [0.1, 0.15) is 27.0 Å². The number of nitrogens with one attached hydrogen (secondary N) is 1. The van der Waals surface area contributed by atoms with Crippen LogP contribution in [0.25, 0.3) is 0 Å². The zero-order chi connectivity index (χ0) is 16.8. The average molecular weight is 340 g/mol. The Morgan fingerprint density at radius 3 is 2.21 bits per heavy atom. The molecule has 122 valence electrons. The summed E-state index contributed by atoms with van der Waals surface area (Å²) in [7, 11) is 0. The van der Waals surface area contributed by atoms with E-state index < -0.39 is 0 Å². The number of rotatable bonds is 6. The lowest BCUT2D eigenvalue weighted by molar-refractivity contribution is 0.0472. The number of aromatic nitrogens is 1. The maximum atomic E-state index is 12.1. The third-order valence-electron chi connectivity index (χ3n) is 3.84. The molecule has 0 aliphatic heterocycles. The second-order valence-corrected chi connectivity index (χ2v) is 6.06. The van der Waals surface area contributed by atoms with E-state index in [1.54, 1.807) is 12.1 Å². The van der Waals surface area contributed by atoms with Gasteiger partial charge in [-0.1, -0.05) is 35.9 Å². The number of hydrogen-bond acceptors (Lipinski definition) is 2. The maximum Gasteiger partial charge on any atom is 0.338 e. The van der Waals surface area contributed by atoms with E-state index in [1.165, 1.54) is 11.1 Å². The van der Waals surface area contributed by atoms with Crippen molar-refractivity contribution < 1.29 is 9.53 Å². The molecular weight excluding hydrogens is 322 g/mol. The van der Waals surface area contributed by atoms with Crippen molar-refractivity contribution in [3.05, 3.63) is 94.3 Å². The first-order valence-electron chi connectivity index (χ1n) is 7.83. The van der Waals surface area contributed by atoms with Gasteiger partial charge in [-0.15, -0.1) is 0 Å². The summed E-state index contributed by atoms with van der Waals surface area (Å²) in [5.41, 5.74) is 3.96. The predicted molar refractivity (Wildman–Crippen MR) is 95.2 cm³/mol. The largest absolute Gasteiger partial charge is 0.457 e. The fourth-order valence-corrected chi connectivity index (χ4v) is 2.55. The zero-order valence-electron chi connectivity index (χ0n) is 13.2. The first-order chi connectivity index (χ1) is 11.7. The summed E-state index contributed by atoms with van der Waals surface area (Å²) in [6.07, 6.45) is 5.85. The zero-order valence-corrected chi connectivity index (χ0v) is 13.9. The Balaban J connectivity index is 1.52. The number of carbonyl (C=O) groups excluding carboxylic acids is 1. The highest BCUT2D eigenvalue weighted by molar-refractivity contribution is 6.30. The monoisotopic (exact) mass is 339 g/mol. The van der Waals surface area contributed by atoms with Crippen LogP contribution >= 0.6 is 11.6 Å². The quantitative estimate of drug-likeness (QED) is 0.655. The van der Waals surface area contributed by atoms with Gasteiger partial charge >= 0.3 is 5.97 Å². The molecule has 3 nitrogen and oxygen atoms in total. The van der Waals surface area contributed by atoms with Crippen molar-refractivity contribution in [2.24, 2.45) is 0 Å². The molecule has 0 aliphatic rings. The number of ether oxygens (including phenoxy) is 1. The van der Waals surface area contributed by atoms with E-state index in [9.17, 15) is 4.79 Å². The van der Waals surface area contributed by atoms with Gasteiger partial charge in [-0.25, -0.2) is 4.79 Å². The van der Waals surface area contributed by atoms with Crippen LogP contribution in [0.4, 0.5) is 0 Å². The van der Waals surface area contributed by atoms with Gasteiger partial charge in [0, 0.05) is 17.4 Å². The first-order valence-corrected chi connectivity index (χ1v) is 8.21. The van der Waals surface area contributed by atoms with Crippen LogP contribution in [0.5, 0.6) is 0 Å². The molecule has 3 aromatic rings. The lowest BCUT2D eigenvalue weighted by Gasteiger charge is -2.06. The molecule has 0 saturated heterocycles. The summed E-state index contributed by atoms with van der Waals surface area (Å²) in [6, 6.07) is 16.9. The van der Waals surface area contributed by atoms with Crippen LogP contribution in [0.15, 0.2) is 67.0 Å². The maximum absolute atomic E-state index is 12.1. The topological polar surface area (TPSA) is 42.1 Å². The minimum absolute atomic E-state index is 0.241. The summed E-state index contributed by atoms with van der Waals surface area (Å²) in [5, 5.41) is 0.667. The van der Waals surface area contributed by atoms with E-state index >= 15 is 0 Å². The Hall–Kier alpha value is -2.52. The van der Waals surface area contributed by atoms with E-state index in [0.29, 0.717) is 10.6 Å². The van der Waals surface area contributed by atoms with Gasteiger partial charge in [0.2, 0.25) is 0 Å². The van der Waals surface area contributed by atoms with Crippen LogP contribution in [-0.2, 0) is 24.2 Å². The van der Waals surface area contributed by atoms with Crippen LogP contribution in [-0.4, -0.2) is 11.0 Å². The SMILES string of the molecule is O=C(OCc1ccc(Cl)cc1)c1ccc(CCc2cc[nH]c2)cc1. The summed E-state index contributed by atoms with van der Waals surface area (Å²) in [5.74, 6) is -0.317. The molecule has 0 bridgehead atoms. The Bertz CT molecular complexity index is 778. The molecule has 0 fully saturated rings. The van der Waals surface area contributed by atoms with Crippen molar-refractivity contribution in [2.75, 3.05) is 0 Å². The van der Waals surface area contributed by atoms with Gasteiger partial charge in [0.05, 0.1) is 5.56 Å². The van der Waals surface area contributed by atoms with Crippen LogP contribution in [0.3, 0.4) is 0 Å². The average Bonchev–Trinajstić information content (AvgIpc) is 3.13. The molecule has 0 saturated carbocycles. The Labute approximate surface area is 146 Å². The number of halogens is 1. The van der Waals surface area contributed by atoms with E-state index in [1.807, 2.05) is 48.8 Å². The van der Waals surface area contributed by atoms with Gasteiger partial charge in [0.15, 0.2) is 0 Å². The van der Waals surface area contributed by atoms with Crippen molar-refractivity contribution in [1.82, 2.24) is 4.98 Å². The van der Waals surface area contributed by atoms with Crippen LogP contribution < -0.4 is 0 Å². The number of carbonyl (C=O) groups is 1. The third-order valence-corrected chi connectivity index (χ3v) is 4.09. The summed E-state index contributed by atoms with van der Waals surface area (Å²) in [6.45, 7) is 0.241. The molecule has 0 atom stereocenters. The fourth-order valence-electron chi connectivity index (χ4n) is 2.42. The van der Waals surface area contributed by atoms with Gasteiger partial charge in [-0.2, -0.15) is 0 Å². The summed E-state index contributed by atoms with van der Waals surface area (Å²) >= 11 is 5.83. The lowest BCUT2D eigenvalue weighted by atomic mass is 10.0. The highest BCUT2D eigenvalue weighted by Gasteiger charge is 2.07. The minimum Gasteiger partial charge on any atom is -0.457 e. The standard InChI is InChI=1S/C20H18ClNO2/c21-19-9-5-17(6-10-19)14-24-20(23)18-7-3-15(4-8-18)1-2-16-11-12-22-13-16/h3-13,22H,1-2,14H2. The molecular formula is C20H18ClNO2. The van der Waals surface area contributed by atoms with Crippen molar-refractivity contribution >= 4 is 17.6 Å². The Kier molecular flexibility index (Phi) is 5.34. The number of hydrogen-bond donors (Lipinski definition) is 1. The van der Waals surface area contributed by atoms with Gasteiger partial charge < -0.3 is 9.72 Å². The van der Waals surface area contributed by atoms with Gasteiger partial charge in [0.25, 0.3) is 0 Å². The Morgan fingerprint density at radius 1 is 0.875 bits per heavy atom. The van der Waals surface area contributed by atoms with Crippen LogP contribution in [0.2, 0.25) is 5.02 Å². The normalized spacial score (nSPS) is 10.5. The van der Waals surface area contributed by atoms with Crippen molar-refractivity contribution in [3.63, 3.8) is 0 Å². The minimum atomic E-state index is -0.317. The smallest absolute Gasteiger partial charge is 0.338 e. The van der Waals surface area contributed by atoms with Crippen molar-refractivity contribution in [2.45, 2.75) is 19.4 Å². The van der Waals surface area contributed by atoms with Crippen molar-refractivity contribution in [3.8, 4) is 0 Å². The first kappa shape index (κ1) is 16.3. The van der Waals surface area contributed by atoms with Gasteiger partial charge in [0.1, 0.15) is 6.61 Å². The molecule has 1 aromatic heterocycles. The van der Waals surface area contributed by atoms with Crippen molar-refractivity contribution in [1.29, 1.82) is 0 Å². The van der Waals surface area contributed by atoms with E-state index in [2.05, 4.69) is 11.1 Å². The number of H-pyrrole nitrogens is 1. The van der Waals surface area contributed by atoms with E-state index in [0.717, 1.165) is 18.4 Å². The fraction of sp³-hybridized carbons (Fsp3) is 0.150. The number of aromatic amines is 1. The second-order valence-electron chi connectivity index (χ2n) is 5.62. The highest BCUT2D eigenvalue weighted by Crippen LogP contribution is 2.13. The molecule has 0 aliphatic carbocycles. The molecule has 0 unspecified atom stereocenters. The molecule has 1 heterocycles. The number of aryl methyl sites for hydroxylation is 2. The molecule has 3 rings (SSSR count). The molecule has 4 heteroatoms. The van der Waals surface area contributed by atoms with E-state index in [4.69, 9.17) is 16.3 Å². The summed E-state index contributed by atoms with van der Waals surface area (Å²) in [4.78, 5) is 15.1. The lowest BCUT2D eigenvalue weighted by Crippen LogP contribution is -2.05. The molecule has 24 heavy (non-hydrogen) atoms. The highest BCUT2D eigenvalue weighted by atomic mass is 35.5. The number of benzene rings is 2. The Morgan fingerprint density at radius 2 is 1.54 bits per heavy atom. The predicted octanol–water partition coefficient (Wildman–Crippen LogP) is 4.81. The summed E-state index contributed by atoms with van der Waals surface area (Å²) < 4.78 is 5.33. The van der Waals surface area contributed by atoms with Crippen LogP contribution in [0, 0.1) is 0 Å². The van der Waals surface area contributed by atoms with Gasteiger partial charge in [-0.05, 0) is 59.9 Å². The number of esters is 1.